The van der Waals surface area contributed by atoms with Crippen LogP contribution in [0.15, 0.2) is 12.3 Å². The number of primary amides is 1. The Bertz CT molecular complexity index is 629. The van der Waals surface area contributed by atoms with Gasteiger partial charge in [0.25, 0.3) is 0 Å². The van der Waals surface area contributed by atoms with E-state index in [2.05, 4.69) is 9.97 Å². The number of fused-ring (bicyclic) bond motifs is 1. The van der Waals surface area contributed by atoms with E-state index in [0.29, 0.717) is 11.2 Å². The summed E-state index contributed by atoms with van der Waals surface area (Å²) in [7, 11) is 0. The third kappa shape index (κ3) is 2.59. The van der Waals surface area contributed by atoms with Gasteiger partial charge in [-0.25, -0.2) is 4.98 Å². The van der Waals surface area contributed by atoms with Gasteiger partial charge < -0.3 is 15.3 Å². The zero-order valence-corrected chi connectivity index (χ0v) is 11.1. The number of H-pyrrole nitrogens is 1. The first-order valence-corrected chi connectivity index (χ1v) is 6.33. The smallest absolute Gasteiger partial charge is 0.217 e. The van der Waals surface area contributed by atoms with Crippen molar-refractivity contribution in [3.05, 3.63) is 22.6 Å². The Kier molecular flexibility index (Phi) is 3.76. The number of rotatable bonds is 5. The van der Waals surface area contributed by atoms with Crippen LogP contribution in [0.1, 0.15) is 24.8 Å². The molecule has 0 aliphatic heterocycles. The van der Waals surface area contributed by atoms with Gasteiger partial charge >= 0.3 is 0 Å². The van der Waals surface area contributed by atoms with Gasteiger partial charge in [0, 0.05) is 19.2 Å². The average Bonchev–Trinajstić information content (AvgIpc) is 2.63. The molecule has 3 N–H and O–H groups in total. The number of aromatic amines is 1. The maximum absolute atomic E-state index is 10.7. The minimum Gasteiger partial charge on any atom is -0.370 e. The molecule has 2 aromatic rings. The number of pyridine rings is 1. The van der Waals surface area contributed by atoms with E-state index in [0.717, 1.165) is 36.1 Å². The standard InChI is InChI=1S/C12H16N4OS/c1-8-5-6-14-11-10(8)15-12(18)16(11)7-3-2-4-9(13)17/h5-6H,2-4,7H2,1H3,(H2,13,17)(H,15,18). The number of carbonyl (C=O) groups excluding carboxylic acids is 1. The molecule has 6 heteroatoms. The molecular weight excluding hydrogens is 248 g/mol. The lowest BCUT2D eigenvalue weighted by Gasteiger charge is -2.03. The van der Waals surface area contributed by atoms with Crippen LogP contribution < -0.4 is 5.73 Å². The molecule has 2 aromatic heterocycles. The monoisotopic (exact) mass is 264 g/mol. The lowest BCUT2D eigenvalue weighted by Crippen LogP contribution is -2.10. The van der Waals surface area contributed by atoms with E-state index in [4.69, 9.17) is 18.0 Å². The predicted molar refractivity (Wildman–Crippen MR) is 72.7 cm³/mol. The van der Waals surface area contributed by atoms with E-state index in [1.165, 1.54) is 0 Å². The summed E-state index contributed by atoms with van der Waals surface area (Å²) in [5, 5.41) is 0. The molecule has 0 saturated heterocycles. The van der Waals surface area contributed by atoms with Gasteiger partial charge in [-0.2, -0.15) is 0 Å². The zero-order chi connectivity index (χ0) is 13.1. The Hall–Kier alpha value is -1.69. The van der Waals surface area contributed by atoms with E-state index in [-0.39, 0.29) is 5.91 Å². The van der Waals surface area contributed by atoms with Gasteiger partial charge in [-0.05, 0) is 43.6 Å². The molecule has 0 spiro atoms. The van der Waals surface area contributed by atoms with Gasteiger partial charge in [-0.1, -0.05) is 0 Å². The lowest BCUT2D eigenvalue weighted by atomic mass is 10.2. The Morgan fingerprint density at radius 2 is 2.33 bits per heavy atom. The molecule has 1 amide bonds. The second-order valence-electron chi connectivity index (χ2n) is 4.33. The summed E-state index contributed by atoms with van der Waals surface area (Å²) >= 11 is 5.29. The first-order valence-electron chi connectivity index (χ1n) is 5.92. The fourth-order valence-electron chi connectivity index (χ4n) is 1.95. The fourth-order valence-corrected chi connectivity index (χ4v) is 2.23. The third-order valence-electron chi connectivity index (χ3n) is 2.93. The molecule has 96 valence electrons. The molecule has 0 bridgehead atoms. The third-order valence-corrected chi connectivity index (χ3v) is 3.25. The molecule has 0 aromatic carbocycles. The van der Waals surface area contributed by atoms with Crippen LogP contribution >= 0.6 is 12.2 Å². The van der Waals surface area contributed by atoms with Gasteiger partial charge in [-0.3, -0.25) is 4.79 Å². The van der Waals surface area contributed by atoms with Crippen molar-refractivity contribution in [2.24, 2.45) is 5.73 Å². The van der Waals surface area contributed by atoms with Crippen molar-refractivity contribution in [2.45, 2.75) is 32.7 Å². The largest absolute Gasteiger partial charge is 0.370 e. The number of unbranched alkanes of at least 4 members (excludes halogenated alkanes) is 1. The molecule has 2 heterocycles. The summed E-state index contributed by atoms with van der Waals surface area (Å²) in [6, 6.07) is 1.95. The fraction of sp³-hybridized carbons (Fsp3) is 0.417. The van der Waals surface area contributed by atoms with Gasteiger partial charge in [0.1, 0.15) is 0 Å². The minimum absolute atomic E-state index is 0.258. The number of nitrogens with zero attached hydrogens (tertiary/aromatic N) is 2. The molecule has 5 nitrogen and oxygen atoms in total. The number of hydrogen-bond acceptors (Lipinski definition) is 3. The van der Waals surface area contributed by atoms with Crippen molar-refractivity contribution in [1.82, 2.24) is 14.5 Å². The Morgan fingerprint density at radius 1 is 1.56 bits per heavy atom. The number of carbonyl (C=O) groups is 1. The highest BCUT2D eigenvalue weighted by atomic mass is 32.1. The molecule has 0 aliphatic carbocycles. The van der Waals surface area contributed by atoms with Crippen LogP contribution in [-0.4, -0.2) is 20.4 Å². The summed E-state index contributed by atoms with van der Waals surface area (Å²) in [4.78, 5) is 18.2. The number of nitrogens with two attached hydrogens (primary N) is 1. The van der Waals surface area contributed by atoms with Gasteiger partial charge in [0.15, 0.2) is 10.4 Å². The highest BCUT2D eigenvalue weighted by molar-refractivity contribution is 7.71. The number of hydrogen-bond donors (Lipinski definition) is 2. The predicted octanol–water partition coefficient (Wildman–Crippen LogP) is 2.06. The van der Waals surface area contributed by atoms with Gasteiger partial charge in [-0.15, -0.1) is 0 Å². The Balaban J connectivity index is 2.18. The number of imidazole rings is 1. The van der Waals surface area contributed by atoms with Gasteiger partial charge in [0.05, 0.1) is 5.52 Å². The summed E-state index contributed by atoms with van der Waals surface area (Å²) < 4.78 is 2.64. The van der Waals surface area contributed by atoms with Crippen molar-refractivity contribution in [3.63, 3.8) is 0 Å². The van der Waals surface area contributed by atoms with Crippen molar-refractivity contribution < 1.29 is 4.79 Å². The van der Waals surface area contributed by atoms with E-state index in [9.17, 15) is 4.79 Å². The summed E-state index contributed by atoms with van der Waals surface area (Å²) in [5.74, 6) is -0.258. The molecule has 2 rings (SSSR count). The lowest BCUT2D eigenvalue weighted by molar-refractivity contribution is -0.118. The van der Waals surface area contributed by atoms with Crippen molar-refractivity contribution in [2.75, 3.05) is 0 Å². The Labute approximate surface area is 110 Å². The maximum atomic E-state index is 10.7. The summed E-state index contributed by atoms with van der Waals surface area (Å²) in [6.07, 6.45) is 3.83. The molecule has 0 radical (unpaired) electrons. The zero-order valence-electron chi connectivity index (χ0n) is 10.3. The molecule has 0 saturated carbocycles. The number of aryl methyl sites for hydroxylation is 2. The van der Waals surface area contributed by atoms with E-state index < -0.39 is 0 Å². The minimum atomic E-state index is -0.258. The van der Waals surface area contributed by atoms with Gasteiger partial charge in [0.2, 0.25) is 5.91 Å². The Morgan fingerprint density at radius 3 is 3.06 bits per heavy atom. The SMILES string of the molecule is Cc1ccnc2c1[nH]c(=S)n2CCCCC(N)=O. The van der Waals surface area contributed by atoms with Crippen LogP contribution in [0, 0.1) is 11.7 Å². The highest BCUT2D eigenvalue weighted by Gasteiger charge is 2.07. The maximum Gasteiger partial charge on any atom is 0.217 e. The molecular formula is C12H16N4OS. The molecule has 0 fully saturated rings. The van der Waals surface area contributed by atoms with E-state index in [1.807, 2.05) is 17.6 Å². The normalized spacial score (nSPS) is 10.9. The summed E-state index contributed by atoms with van der Waals surface area (Å²) in [6.45, 7) is 2.77. The number of amides is 1. The van der Waals surface area contributed by atoms with Crippen molar-refractivity contribution in [1.29, 1.82) is 0 Å². The van der Waals surface area contributed by atoms with E-state index in [1.54, 1.807) is 6.20 Å². The van der Waals surface area contributed by atoms with Crippen LogP contribution in [0.25, 0.3) is 11.2 Å². The van der Waals surface area contributed by atoms with Crippen LogP contribution in [0.3, 0.4) is 0 Å². The average molecular weight is 264 g/mol. The molecule has 0 unspecified atom stereocenters. The van der Waals surface area contributed by atoms with E-state index >= 15 is 0 Å². The quantitative estimate of drug-likeness (QED) is 0.641. The highest BCUT2D eigenvalue weighted by Crippen LogP contribution is 2.16. The van der Waals surface area contributed by atoms with Crippen LogP contribution in [-0.2, 0) is 11.3 Å². The summed E-state index contributed by atoms with van der Waals surface area (Å²) in [5.41, 5.74) is 8.09. The van der Waals surface area contributed by atoms with Crippen molar-refractivity contribution in [3.8, 4) is 0 Å². The molecule has 0 atom stereocenters. The topological polar surface area (TPSA) is 76.7 Å². The molecule has 0 aliphatic rings. The first kappa shape index (κ1) is 12.8. The first-order chi connectivity index (χ1) is 8.59. The second kappa shape index (κ2) is 5.30. The number of aromatic nitrogens is 3. The van der Waals surface area contributed by atoms with Crippen LogP contribution in [0.5, 0.6) is 0 Å². The van der Waals surface area contributed by atoms with Crippen LogP contribution in [0.4, 0.5) is 0 Å². The number of nitrogens with one attached hydrogen (secondary N) is 1. The molecule has 18 heavy (non-hydrogen) atoms. The van der Waals surface area contributed by atoms with Crippen LogP contribution in [0.2, 0.25) is 0 Å². The second-order valence-corrected chi connectivity index (χ2v) is 4.72. The van der Waals surface area contributed by atoms with Crippen molar-refractivity contribution >= 4 is 29.3 Å².